The number of rotatable bonds is 3. The van der Waals surface area contributed by atoms with Crippen molar-refractivity contribution >= 4 is 30.7 Å². The van der Waals surface area contributed by atoms with Crippen LogP contribution in [0.3, 0.4) is 0 Å². The molecule has 0 aromatic heterocycles. The Hall–Kier alpha value is -0.810. The number of nitrogens with one attached hydrogen (secondary N) is 1. The van der Waals surface area contributed by atoms with Crippen molar-refractivity contribution in [3.63, 3.8) is 0 Å². The highest BCUT2D eigenvalue weighted by molar-refractivity contribution is 5.85. The van der Waals surface area contributed by atoms with Gasteiger partial charge in [0.25, 0.3) is 0 Å². The minimum atomic E-state index is 0. The van der Waals surface area contributed by atoms with Gasteiger partial charge in [0.2, 0.25) is 5.91 Å². The molecule has 1 amide bonds. The third-order valence-electron chi connectivity index (χ3n) is 6.53. The Morgan fingerprint density at radius 3 is 2.56 bits per heavy atom. The fourth-order valence-corrected chi connectivity index (χ4v) is 5.01. The Morgan fingerprint density at radius 2 is 1.81 bits per heavy atom. The number of nitrogens with zero attached hydrogens (tertiary/aromatic N) is 2. The van der Waals surface area contributed by atoms with Crippen LogP contribution in [0.4, 0.5) is 0 Å². The van der Waals surface area contributed by atoms with Crippen molar-refractivity contribution in [1.29, 1.82) is 0 Å². The molecule has 152 valence electrons. The molecule has 1 atom stereocenters. The zero-order valence-electron chi connectivity index (χ0n) is 16.1. The van der Waals surface area contributed by atoms with Crippen molar-refractivity contribution in [3.8, 4) is 0 Å². The number of amides is 1. The van der Waals surface area contributed by atoms with E-state index in [1.54, 1.807) is 0 Å². The molecule has 3 fully saturated rings. The molecule has 4 nitrogen and oxygen atoms in total. The highest BCUT2D eigenvalue weighted by Gasteiger charge is 2.42. The summed E-state index contributed by atoms with van der Waals surface area (Å²) in [5.41, 5.74) is 1.77. The van der Waals surface area contributed by atoms with Crippen LogP contribution >= 0.6 is 24.8 Å². The summed E-state index contributed by atoms with van der Waals surface area (Å²) in [4.78, 5) is 17.5. The maximum Gasteiger partial charge on any atom is 0.222 e. The average molecular weight is 414 g/mol. The molecule has 3 heterocycles. The molecule has 4 rings (SSSR count). The van der Waals surface area contributed by atoms with Crippen molar-refractivity contribution in [2.45, 2.75) is 51.1 Å². The third kappa shape index (κ3) is 5.38. The van der Waals surface area contributed by atoms with E-state index in [-0.39, 0.29) is 24.8 Å². The molecule has 1 spiro atoms. The second-order valence-corrected chi connectivity index (χ2v) is 8.29. The van der Waals surface area contributed by atoms with E-state index in [9.17, 15) is 4.79 Å². The second kappa shape index (κ2) is 10.1. The third-order valence-corrected chi connectivity index (χ3v) is 6.53. The number of piperidine rings is 3. The molecule has 27 heavy (non-hydrogen) atoms. The summed E-state index contributed by atoms with van der Waals surface area (Å²) >= 11 is 0. The number of halogens is 2. The standard InChI is InChI=1S/C21H31N3O.2ClH/c25-20-8-9-21(10-12-22-13-11-21)17-24(20)19-7-4-14-23(16-19)15-18-5-2-1-3-6-18;;/h1-3,5-6,19,22H,4,7-17H2;2*1H/t19-;;/m0../s1. The van der Waals surface area contributed by atoms with Crippen molar-refractivity contribution in [2.24, 2.45) is 5.41 Å². The molecule has 3 aliphatic rings. The molecule has 3 saturated heterocycles. The van der Waals surface area contributed by atoms with Crippen LogP contribution in [0, 0.1) is 5.41 Å². The maximum absolute atomic E-state index is 12.7. The van der Waals surface area contributed by atoms with Gasteiger partial charge in [-0.15, -0.1) is 24.8 Å². The molecule has 0 bridgehead atoms. The lowest BCUT2D eigenvalue weighted by Gasteiger charge is -2.49. The van der Waals surface area contributed by atoms with Crippen LogP contribution in [0.1, 0.15) is 44.1 Å². The number of hydrogen-bond donors (Lipinski definition) is 1. The van der Waals surface area contributed by atoms with Crippen LogP contribution in [0.25, 0.3) is 0 Å². The summed E-state index contributed by atoms with van der Waals surface area (Å²) in [6.45, 7) is 6.43. The lowest BCUT2D eigenvalue weighted by Crippen LogP contribution is -2.57. The summed E-state index contributed by atoms with van der Waals surface area (Å²) in [6.07, 6.45) is 6.70. The van der Waals surface area contributed by atoms with E-state index < -0.39 is 0 Å². The van der Waals surface area contributed by atoms with Crippen LogP contribution < -0.4 is 5.32 Å². The Kier molecular flexibility index (Phi) is 8.41. The SMILES string of the molecule is Cl.Cl.O=C1CCC2(CCNCC2)CN1[C@H]1CCCN(Cc2ccccc2)C1. The van der Waals surface area contributed by atoms with Gasteiger partial charge in [-0.3, -0.25) is 9.69 Å². The number of likely N-dealkylation sites (tertiary alicyclic amines) is 2. The molecular formula is C21H33Cl2N3O. The topological polar surface area (TPSA) is 35.6 Å². The summed E-state index contributed by atoms with van der Waals surface area (Å²) in [5, 5.41) is 3.48. The minimum absolute atomic E-state index is 0. The van der Waals surface area contributed by atoms with Crippen molar-refractivity contribution in [1.82, 2.24) is 15.1 Å². The van der Waals surface area contributed by atoms with E-state index in [0.29, 0.717) is 17.4 Å². The normalized spacial score (nSPS) is 25.6. The lowest BCUT2D eigenvalue weighted by molar-refractivity contribution is -0.143. The second-order valence-electron chi connectivity index (χ2n) is 8.29. The Balaban J connectivity index is 0.00000131. The molecule has 1 aromatic rings. The molecule has 0 unspecified atom stereocenters. The molecular weight excluding hydrogens is 381 g/mol. The maximum atomic E-state index is 12.7. The van der Waals surface area contributed by atoms with E-state index in [0.717, 1.165) is 52.1 Å². The van der Waals surface area contributed by atoms with Gasteiger partial charge in [0.05, 0.1) is 0 Å². The van der Waals surface area contributed by atoms with Gasteiger partial charge in [-0.05, 0) is 62.7 Å². The quantitative estimate of drug-likeness (QED) is 0.823. The molecule has 1 N–H and O–H groups in total. The van der Waals surface area contributed by atoms with Gasteiger partial charge in [0, 0.05) is 32.1 Å². The first kappa shape index (κ1) is 22.5. The number of benzene rings is 1. The van der Waals surface area contributed by atoms with Gasteiger partial charge >= 0.3 is 0 Å². The molecule has 0 saturated carbocycles. The molecule has 1 aromatic carbocycles. The van der Waals surface area contributed by atoms with Gasteiger partial charge in [0.1, 0.15) is 0 Å². The first-order valence-corrected chi connectivity index (χ1v) is 10.0. The predicted octanol–water partition coefficient (Wildman–Crippen LogP) is 3.49. The fraction of sp³-hybridized carbons (Fsp3) is 0.667. The van der Waals surface area contributed by atoms with E-state index >= 15 is 0 Å². The van der Waals surface area contributed by atoms with Gasteiger partial charge in [-0.1, -0.05) is 30.3 Å². The minimum Gasteiger partial charge on any atom is -0.338 e. The summed E-state index contributed by atoms with van der Waals surface area (Å²) in [5.74, 6) is 0.399. The van der Waals surface area contributed by atoms with Gasteiger partial charge in [-0.25, -0.2) is 0 Å². The summed E-state index contributed by atoms with van der Waals surface area (Å²) in [6, 6.07) is 11.1. The van der Waals surface area contributed by atoms with E-state index in [4.69, 9.17) is 0 Å². The highest BCUT2D eigenvalue weighted by atomic mass is 35.5. The van der Waals surface area contributed by atoms with Gasteiger partial charge in [0.15, 0.2) is 0 Å². The molecule has 0 aliphatic carbocycles. The number of hydrogen-bond acceptors (Lipinski definition) is 3. The summed E-state index contributed by atoms with van der Waals surface area (Å²) in [7, 11) is 0. The Morgan fingerprint density at radius 1 is 1.07 bits per heavy atom. The first-order valence-electron chi connectivity index (χ1n) is 10.0. The predicted molar refractivity (Wildman–Crippen MR) is 115 cm³/mol. The highest BCUT2D eigenvalue weighted by Crippen LogP contribution is 2.39. The largest absolute Gasteiger partial charge is 0.338 e. The average Bonchev–Trinajstić information content (AvgIpc) is 2.66. The first-order chi connectivity index (χ1) is 12.2. The zero-order valence-corrected chi connectivity index (χ0v) is 17.7. The number of carbonyl (C=O) groups excluding carboxylic acids is 1. The van der Waals surface area contributed by atoms with Gasteiger partial charge < -0.3 is 10.2 Å². The Bertz CT molecular complexity index is 592. The fourth-order valence-electron chi connectivity index (χ4n) is 5.01. The monoisotopic (exact) mass is 413 g/mol. The van der Waals surface area contributed by atoms with E-state index in [1.807, 2.05) is 0 Å². The van der Waals surface area contributed by atoms with Gasteiger partial charge in [-0.2, -0.15) is 0 Å². The Labute approximate surface area is 175 Å². The lowest BCUT2D eigenvalue weighted by atomic mass is 9.72. The molecule has 3 aliphatic heterocycles. The smallest absolute Gasteiger partial charge is 0.222 e. The van der Waals surface area contributed by atoms with E-state index in [2.05, 4.69) is 45.4 Å². The number of carbonyl (C=O) groups is 1. The van der Waals surface area contributed by atoms with Crippen LogP contribution in [-0.2, 0) is 11.3 Å². The van der Waals surface area contributed by atoms with Crippen LogP contribution in [-0.4, -0.2) is 54.5 Å². The van der Waals surface area contributed by atoms with Crippen molar-refractivity contribution in [2.75, 3.05) is 32.7 Å². The van der Waals surface area contributed by atoms with Crippen LogP contribution in [0.5, 0.6) is 0 Å². The summed E-state index contributed by atoms with van der Waals surface area (Å²) < 4.78 is 0. The zero-order chi connectivity index (χ0) is 17.1. The van der Waals surface area contributed by atoms with Crippen LogP contribution in [0.2, 0.25) is 0 Å². The molecule has 6 heteroatoms. The van der Waals surface area contributed by atoms with Crippen LogP contribution in [0.15, 0.2) is 30.3 Å². The molecule has 0 radical (unpaired) electrons. The van der Waals surface area contributed by atoms with E-state index in [1.165, 1.54) is 31.2 Å². The van der Waals surface area contributed by atoms with Crippen molar-refractivity contribution in [3.05, 3.63) is 35.9 Å². The van der Waals surface area contributed by atoms with Crippen molar-refractivity contribution < 1.29 is 4.79 Å².